The van der Waals surface area contributed by atoms with Gasteiger partial charge in [0.1, 0.15) is 0 Å². The number of aryl methyl sites for hydroxylation is 1. The second-order valence-electron chi connectivity index (χ2n) is 3.73. The summed E-state index contributed by atoms with van der Waals surface area (Å²) in [5.41, 5.74) is 2.59. The Kier molecular flexibility index (Phi) is 2.95. The van der Waals surface area contributed by atoms with Crippen LogP contribution in [0, 0.1) is 6.92 Å². The summed E-state index contributed by atoms with van der Waals surface area (Å²) in [5.74, 6) is 0. The van der Waals surface area contributed by atoms with Crippen LogP contribution in [0.2, 0.25) is 0 Å². The van der Waals surface area contributed by atoms with Gasteiger partial charge in [0.25, 0.3) is 0 Å². The largest absolute Gasteiger partial charge is 0.253 e. The summed E-state index contributed by atoms with van der Waals surface area (Å²) in [4.78, 5) is 4.46. The van der Waals surface area contributed by atoms with E-state index < -0.39 is 10.0 Å². The molecule has 5 heteroatoms. The summed E-state index contributed by atoms with van der Waals surface area (Å²) < 4.78 is 22.2. The molecule has 0 atom stereocenters. The minimum Gasteiger partial charge on any atom is -0.253 e. The monoisotopic (exact) mass is 248 g/mol. The van der Waals surface area contributed by atoms with Crippen molar-refractivity contribution in [3.05, 3.63) is 48.2 Å². The van der Waals surface area contributed by atoms with E-state index in [-0.39, 0.29) is 4.90 Å². The predicted octanol–water partition coefficient (Wildman–Crippen LogP) is 1.70. The Morgan fingerprint density at radius 2 is 1.71 bits per heavy atom. The molecule has 0 saturated heterocycles. The molecule has 0 radical (unpaired) electrons. The first-order chi connectivity index (χ1) is 7.97. The van der Waals surface area contributed by atoms with Gasteiger partial charge in [-0.15, -0.1) is 0 Å². The quantitative estimate of drug-likeness (QED) is 0.879. The number of primary sulfonamides is 1. The topological polar surface area (TPSA) is 73.1 Å². The van der Waals surface area contributed by atoms with Crippen LogP contribution in [-0.4, -0.2) is 13.4 Å². The summed E-state index contributed by atoms with van der Waals surface area (Å²) in [7, 11) is -3.63. The van der Waals surface area contributed by atoms with Crippen LogP contribution in [0.4, 0.5) is 0 Å². The molecule has 0 saturated carbocycles. The molecule has 0 unspecified atom stereocenters. The summed E-state index contributed by atoms with van der Waals surface area (Å²) >= 11 is 0. The third kappa shape index (κ3) is 2.69. The van der Waals surface area contributed by atoms with Crippen molar-refractivity contribution in [3.8, 4) is 11.3 Å². The molecule has 88 valence electrons. The molecule has 0 fully saturated rings. The van der Waals surface area contributed by atoms with Crippen LogP contribution in [0.3, 0.4) is 0 Å². The van der Waals surface area contributed by atoms with Gasteiger partial charge in [-0.3, -0.25) is 4.98 Å². The molecule has 1 aromatic heterocycles. The molecule has 1 heterocycles. The van der Waals surface area contributed by atoms with Crippen LogP contribution in [0.1, 0.15) is 5.69 Å². The van der Waals surface area contributed by atoms with Crippen molar-refractivity contribution in [2.45, 2.75) is 11.8 Å². The number of nitrogens with two attached hydrogens (primary N) is 1. The average molecular weight is 248 g/mol. The van der Waals surface area contributed by atoms with Crippen LogP contribution < -0.4 is 5.14 Å². The van der Waals surface area contributed by atoms with E-state index in [0.717, 1.165) is 17.0 Å². The third-order valence-corrected chi connectivity index (χ3v) is 3.30. The maximum absolute atomic E-state index is 11.1. The molecule has 0 aliphatic heterocycles. The zero-order valence-corrected chi connectivity index (χ0v) is 10.1. The Hall–Kier alpha value is -1.72. The number of hydrogen-bond acceptors (Lipinski definition) is 3. The lowest BCUT2D eigenvalue weighted by Crippen LogP contribution is -2.11. The molecule has 0 amide bonds. The Morgan fingerprint density at radius 1 is 1.06 bits per heavy atom. The lowest BCUT2D eigenvalue weighted by Gasteiger charge is -2.03. The zero-order chi connectivity index (χ0) is 12.5. The Bertz CT molecular complexity index is 634. The average Bonchev–Trinajstić information content (AvgIpc) is 2.28. The van der Waals surface area contributed by atoms with Gasteiger partial charge in [0, 0.05) is 11.3 Å². The fourth-order valence-corrected chi connectivity index (χ4v) is 2.03. The van der Waals surface area contributed by atoms with E-state index in [1.807, 2.05) is 25.1 Å². The summed E-state index contributed by atoms with van der Waals surface area (Å²) in [6.45, 7) is 1.90. The number of nitrogens with zero attached hydrogens (tertiary/aromatic N) is 1. The summed E-state index contributed by atoms with van der Waals surface area (Å²) in [6.07, 6.45) is 0. The van der Waals surface area contributed by atoms with Crippen molar-refractivity contribution < 1.29 is 8.42 Å². The van der Waals surface area contributed by atoms with Gasteiger partial charge in [-0.1, -0.05) is 18.2 Å². The van der Waals surface area contributed by atoms with Crippen molar-refractivity contribution >= 4 is 10.0 Å². The van der Waals surface area contributed by atoms with Gasteiger partial charge in [0.15, 0.2) is 0 Å². The van der Waals surface area contributed by atoms with E-state index in [4.69, 9.17) is 5.14 Å². The highest BCUT2D eigenvalue weighted by Gasteiger charge is 2.07. The van der Waals surface area contributed by atoms with Gasteiger partial charge >= 0.3 is 0 Å². The second kappa shape index (κ2) is 4.27. The molecule has 2 aromatic rings. The van der Waals surface area contributed by atoms with Gasteiger partial charge in [-0.25, -0.2) is 13.6 Å². The Morgan fingerprint density at radius 3 is 2.24 bits per heavy atom. The maximum atomic E-state index is 11.1. The number of pyridine rings is 1. The molecule has 2 rings (SSSR count). The van der Waals surface area contributed by atoms with E-state index in [1.54, 1.807) is 12.1 Å². The maximum Gasteiger partial charge on any atom is 0.238 e. The predicted molar refractivity (Wildman–Crippen MR) is 65.8 cm³/mol. The van der Waals surface area contributed by atoms with Gasteiger partial charge in [0.05, 0.1) is 10.6 Å². The van der Waals surface area contributed by atoms with Crippen LogP contribution in [0.15, 0.2) is 47.4 Å². The highest BCUT2D eigenvalue weighted by atomic mass is 32.2. The minimum absolute atomic E-state index is 0.105. The molecule has 0 aliphatic rings. The Labute approximate surface area is 100 Å². The van der Waals surface area contributed by atoms with E-state index >= 15 is 0 Å². The lowest BCUT2D eigenvalue weighted by molar-refractivity contribution is 0.598. The SMILES string of the molecule is Cc1cccc(-c2ccc(S(N)(=O)=O)cc2)n1. The number of sulfonamides is 1. The van der Waals surface area contributed by atoms with Gasteiger partial charge < -0.3 is 0 Å². The van der Waals surface area contributed by atoms with Crippen molar-refractivity contribution in [2.24, 2.45) is 5.14 Å². The highest BCUT2D eigenvalue weighted by molar-refractivity contribution is 7.89. The molecule has 1 aromatic carbocycles. The second-order valence-corrected chi connectivity index (χ2v) is 5.30. The normalized spacial score (nSPS) is 11.4. The first-order valence-corrected chi connectivity index (χ1v) is 6.58. The summed E-state index contributed by atoms with van der Waals surface area (Å²) in [5, 5.41) is 5.03. The van der Waals surface area contributed by atoms with E-state index in [1.165, 1.54) is 12.1 Å². The molecule has 4 nitrogen and oxygen atoms in total. The van der Waals surface area contributed by atoms with E-state index in [0.29, 0.717) is 0 Å². The van der Waals surface area contributed by atoms with E-state index in [9.17, 15) is 8.42 Å². The lowest BCUT2D eigenvalue weighted by atomic mass is 10.1. The number of hydrogen-bond donors (Lipinski definition) is 1. The van der Waals surface area contributed by atoms with Crippen LogP contribution >= 0.6 is 0 Å². The molecule has 2 N–H and O–H groups in total. The third-order valence-electron chi connectivity index (χ3n) is 2.37. The zero-order valence-electron chi connectivity index (χ0n) is 9.29. The highest BCUT2D eigenvalue weighted by Crippen LogP contribution is 2.19. The molecular weight excluding hydrogens is 236 g/mol. The van der Waals surface area contributed by atoms with Crippen LogP contribution in [0.25, 0.3) is 11.3 Å². The molecule has 17 heavy (non-hydrogen) atoms. The van der Waals surface area contributed by atoms with Crippen LogP contribution in [-0.2, 0) is 10.0 Å². The molecule has 0 aliphatic carbocycles. The molecular formula is C12H12N2O2S. The molecule has 0 spiro atoms. The smallest absolute Gasteiger partial charge is 0.238 e. The number of benzene rings is 1. The van der Waals surface area contributed by atoms with Crippen LogP contribution in [0.5, 0.6) is 0 Å². The van der Waals surface area contributed by atoms with Gasteiger partial charge in [-0.05, 0) is 31.2 Å². The van der Waals surface area contributed by atoms with Gasteiger partial charge in [0.2, 0.25) is 10.0 Å². The summed E-state index contributed by atoms with van der Waals surface area (Å²) in [6, 6.07) is 12.0. The molecule has 0 bridgehead atoms. The fraction of sp³-hybridized carbons (Fsp3) is 0.0833. The standard InChI is InChI=1S/C12H12N2O2S/c1-9-3-2-4-12(14-9)10-5-7-11(8-6-10)17(13,15)16/h2-8H,1H3,(H2,13,15,16). The van der Waals surface area contributed by atoms with Gasteiger partial charge in [-0.2, -0.15) is 0 Å². The van der Waals surface area contributed by atoms with Crippen molar-refractivity contribution in [1.29, 1.82) is 0 Å². The first kappa shape index (κ1) is 11.8. The Balaban J connectivity index is 2.43. The van der Waals surface area contributed by atoms with Crippen molar-refractivity contribution in [1.82, 2.24) is 4.98 Å². The minimum atomic E-state index is -3.63. The fourth-order valence-electron chi connectivity index (χ4n) is 1.52. The van der Waals surface area contributed by atoms with Crippen molar-refractivity contribution in [2.75, 3.05) is 0 Å². The number of aromatic nitrogens is 1. The van der Waals surface area contributed by atoms with E-state index in [2.05, 4.69) is 4.98 Å². The first-order valence-electron chi connectivity index (χ1n) is 5.04. The van der Waals surface area contributed by atoms with Crippen molar-refractivity contribution in [3.63, 3.8) is 0 Å². The number of rotatable bonds is 2.